The molecule has 0 amide bonds. The first-order valence-electron chi connectivity index (χ1n) is 11.3. The Hall–Kier alpha value is -1.94. The van der Waals surface area contributed by atoms with Crippen molar-refractivity contribution in [3.63, 3.8) is 0 Å². The Labute approximate surface area is 199 Å². The zero-order valence-electron chi connectivity index (χ0n) is 19.3. The van der Waals surface area contributed by atoms with Gasteiger partial charge < -0.3 is 9.30 Å². The molecule has 6 nitrogen and oxygen atoms in total. The van der Waals surface area contributed by atoms with Gasteiger partial charge in [0.2, 0.25) is 10.0 Å². The fourth-order valence-electron chi connectivity index (χ4n) is 4.11. The number of fused-ring (bicyclic) bond motifs is 1. The van der Waals surface area contributed by atoms with E-state index < -0.39 is 10.0 Å². The number of ether oxygens (including phenoxy) is 1. The van der Waals surface area contributed by atoms with Crippen LogP contribution in [0.15, 0.2) is 46.5 Å². The smallest absolute Gasteiger partial charge is 0.243 e. The Kier molecular flexibility index (Phi) is 7.43. The number of rotatable bonds is 9. The van der Waals surface area contributed by atoms with Gasteiger partial charge in [0.05, 0.1) is 28.6 Å². The summed E-state index contributed by atoms with van der Waals surface area (Å²) in [5.74, 6) is 0.351. The Bertz CT molecular complexity index is 1230. The van der Waals surface area contributed by atoms with Gasteiger partial charge in [0.15, 0.2) is 5.16 Å². The predicted molar refractivity (Wildman–Crippen MR) is 130 cm³/mol. The summed E-state index contributed by atoms with van der Waals surface area (Å²) in [4.78, 5) is 5.04. The minimum Gasteiger partial charge on any atom is -0.376 e. The highest BCUT2D eigenvalue weighted by atomic mass is 32.2. The van der Waals surface area contributed by atoms with Gasteiger partial charge in [-0.3, -0.25) is 0 Å². The first kappa shape index (κ1) is 24.2. The van der Waals surface area contributed by atoms with Gasteiger partial charge in [0, 0.05) is 25.4 Å². The summed E-state index contributed by atoms with van der Waals surface area (Å²) in [7, 11) is -3.57. The van der Waals surface area contributed by atoms with Gasteiger partial charge in [0.25, 0.3) is 0 Å². The Morgan fingerprint density at radius 2 is 2.00 bits per heavy atom. The van der Waals surface area contributed by atoms with Crippen molar-refractivity contribution in [2.75, 3.05) is 19.7 Å². The summed E-state index contributed by atoms with van der Waals surface area (Å²) < 4.78 is 49.4. The van der Waals surface area contributed by atoms with Crippen LogP contribution in [-0.2, 0) is 27.1 Å². The lowest BCUT2D eigenvalue weighted by atomic mass is 10.2. The van der Waals surface area contributed by atoms with Crippen LogP contribution in [-0.4, -0.2) is 48.1 Å². The summed E-state index contributed by atoms with van der Waals surface area (Å²) >= 11 is 1.52. The van der Waals surface area contributed by atoms with Gasteiger partial charge in [0.1, 0.15) is 5.82 Å². The Balaban J connectivity index is 1.69. The molecule has 0 unspecified atom stereocenters. The van der Waals surface area contributed by atoms with Crippen molar-refractivity contribution in [2.24, 2.45) is 0 Å². The molecule has 1 saturated heterocycles. The lowest BCUT2D eigenvalue weighted by molar-refractivity contribution is 0.0960. The van der Waals surface area contributed by atoms with Crippen LogP contribution >= 0.6 is 11.8 Å². The molecule has 0 radical (unpaired) electrons. The molecular weight excluding hydrogens is 461 g/mol. The minimum atomic E-state index is -3.57. The second-order valence-corrected chi connectivity index (χ2v) is 11.1. The number of thioether (sulfide) groups is 1. The van der Waals surface area contributed by atoms with Gasteiger partial charge >= 0.3 is 0 Å². The van der Waals surface area contributed by atoms with Crippen LogP contribution in [0.3, 0.4) is 0 Å². The Morgan fingerprint density at radius 1 is 1.21 bits per heavy atom. The molecule has 33 heavy (non-hydrogen) atoms. The average Bonchev–Trinajstić information content (AvgIpc) is 3.43. The number of sulfonamides is 1. The monoisotopic (exact) mass is 491 g/mol. The van der Waals surface area contributed by atoms with E-state index in [1.54, 1.807) is 31.2 Å². The largest absolute Gasteiger partial charge is 0.376 e. The van der Waals surface area contributed by atoms with Gasteiger partial charge in [-0.05, 0) is 55.2 Å². The second-order valence-electron chi connectivity index (χ2n) is 8.25. The van der Waals surface area contributed by atoms with E-state index in [1.807, 2.05) is 26.0 Å². The van der Waals surface area contributed by atoms with E-state index in [0.29, 0.717) is 36.5 Å². The first-order valence-corrected chi connectivity index (χ1v) is 13.8. The molecule has 2 aromatic carbocycles. The maximum Gasteiger partial charge on any atom is 0.243 e. The van der Waals surface area contributed by atoms with E-state index >= 15 is 0 Å². The second kappa shape index (κ2) is 10.1. The highest BCUT2D eigenvalue weighted by molar-refractivity contribution is 7.98. The number of imidazole rings is 1. The average molecular weight is 492 g/mol. The summed E-state index contributed by atoms with van der Waals surface area (Å²) in [6.45, 7) is 7.66. The summed E-state index contributed by atoms with van der Waals surface area (Å²) in [6.07, 6.45) is 2.13. The fourth-order valence-corrected chi connectivity index (χ4v) is 6.56. The molecule has 1 atom stereocenters. The van der Waals surface area contributed by atoms with E-state index in [-0.39, 0.29) is 16.8 Å². The number of nitrogens with zero attached hydrogens (tertiary/aromatic N) is 3. The molecule has 1 aliphatic rings. The molecular formula is C24H30FN3O3S2. The molecule has 2 heterocycles. The van der Waals surface area contributed by atoms with E-state index in [1.165, 1.54) is 16.1 Å². The molecule has 9 heteroatoms. The third-order valence-electron chi connectivity index (χ3n) is 6.04. The molecule has 0 N–H and O–H groups in total. The lowest BCUT2D eigenvalue weighted by Crippen LogP contribution is -2.30. The predicted octanol–water partition coefficient (Wildman–Crippen LogP) is 4.99. The van der Waals surface area contributed by atoms with Crippen molar-refractivity contribution >= 4 is 32.8 Å². The summed E-state index contributed by atoms with van der Waals surface area (Å²) in [5, 5.41) is 0.777. The molecule has 1 aliphatic heterocycles. The van der Waals surface area contributed by atoms with Crippen molar-refractivity contribution in [1.29, 1.82) is 0 Å². The molecule has 3 aromatic rings. The zero-order valence-corrected chi connectivity index (χ0v) is 20.9. The van der Waals surface area contributed by atoms with Crippen LogP contribution in [0.1, 0.15) is 37.8 Å². The van der Waals surface area contributed by atoms with Crippen LogP contribution in [0.2, 0.25) is 0 Å². The van der Waals surface area contributed by atoms with E-state index in [2.05, 4.69) is 4.57 Å². The number of aryl methyl sites for hydroxylation is 1. The maximum atomic E-state index is 14.0. The van der Waals surface area contributed by atoms with Crippen LogP contribution in [0.25, 0.3) is 11.0 Å². The van der Waals surface area contributed by atoms with Crippen molar-refractivity contribution < 1.29 is 17.5 Å². The van der Waals surface area contributed by atoms with Crippen LogP contribution in [0, 0.1) is 12.7 Å². The Morgan fingerprint density at radius 3 is 2.67 bits per heavy atom. The van der Waals surface area contributed by atoms with Crippen LogP contribution < -0.4 is 0 Å². The normalized spacial score (nSPS) is 16.8. The standard InChI is InChI=1S/C24H30FN3O3S2/c1-4-27(5-2)33(29,30)20-10-11-23-22(14-20)26-24(28(23)15-19-7-6-12-31-19)32-16-18-9-8-17(3)21(25)13-18/h8-11,13-14,19H,4-7,12,15-16H2,1-3H3/t19-/m1/s1. The van der Waals surface area contributed by atoms with E-state index in [4.69, 9.17) is 9.72 Å². The lowest BCUT2D eigenvalue weighted by Gasteiger charge is -2.18. The summed E-state index contributed by atoms with van der Waals surface area (Å²) in [6, 6.07) is 10.4. The molecule has 0 aliphatic carbocycles. The van der Waals surface area contributed by atoms with Gasteiger partial charge in [-0.2, -0.15) is 4.31 Å². The molecule has 0 spiro atoms. The number of benzene rings is 2. The highest BCUT2D eigenvalue weighted by Crippen LogP contribution is 2.31. The molecule has 4 rings (SSSR count). The van der Waals surface area contributed by atoms with E-state index in [0.717, 1.165) is 35.7 Å². The molecule has 1 fully saturated rings. The SMILES string of the molecule is CCN(CC)S(=O)(=O)c1ccc2c(c1)nc(SCc1ccc(C)c(F)c1)n2C[C@H]1CCCO1. The quantitative estimate of drug-likeness (QED) is 0.395. The van der Waals surface area contributed by atoms with Gasteiger partial charge in [-0.15, -0.1) is 0 Å². The number of aromatic nitrogens is 2. The summed E-state index contributed by atoms with van der Waals surface area (Å²) in [5.41, 5.74) is 3.01. The zero-order chi connectivity index (χ0) is 23.6. The molecule has 178 valence electrons. The molecule has 1 aromatic heterocycles. The number of hydrogen-bond acceptors (Lipinski definition) is 5. The molecule has 0 bridgehead atoms. The topological polar surface area (TPSA) is 64.4 Å². The van der Waals surface area contributed by atoms with Crippen molar-refractivity contribution in [1.82, 2.24) is 13.9 Å². The third kappa shape index (κ3) is 5.11. The number of hydrogen-bond donors (Lipinski definition) is 0. The van der Waals surface area contributed by atoms with E-state index in [9.17, 15) is 12.8 Å². The van der Waals surface area contributed by atoms with Crippen molar-refractivity contribution in [2.45, 2.75) is 62.1 Å². The fraction of sp³-hybridized carbons (Fsp3) is 0.458. The molecule has 0 saturated carbocycles. The van der Waals surface area contributed by atoms with Gasteiger partial charge in [-0.25, -0.2) is 17.8 Å². The third-order valence-corrected chi connectivity index (χ3v) is 9.14. The van der Waals surface area contributed by atoms with Crippen LogP contribution in [0.4, 0.5) is 4.39 Å². The number of halogens is 1. The van der Waals surface area contributed by atoms with Crippen LogP contribution in [0.5, 0.6) is 0 Å². The minimum absolute atomic E-state index is 0.109. The first-order chi connectivity index (χ1) is 15.8. The van der Waals surface area contributed by atoms with Crippen molar-refractivity contribution in [3.8, 4) is 0 Å². The highest BCUT2D eigenvalue weighted by Gasteiger charge is 2.24. The maximum absolute atomic E-state index is 14.0. The van der Waals surface area contributed by atoms with Crippen molar-refractivity contribution in [3.05, 3.63) is 53.3 Å². The van der Waals surface area contributed by atoms with Gasteiger partial charge in [-0.1, -0.05) is 37.7 Å².